The van der Waals surface area contributed by atoms with E-state index in [1.165, 1.54) is 12.1 Å². The van der Waals surface area contributed by atoms with E-state index in [0.717, 1.165) is 17.8 Å². The van der Waals surface area contributed by atoms with Gasteiger partial charge in [0.25, 0.3) is 0 Å². The van der Waals surface area contributed by atoms with E-state index in [9.17, 15) is 9.18 Å². The number of imidazole rings is 1. The lowest BCUT2D eigenvalue weighted by atomic mass is 10.1. The number of aromatic nitrogens is 3. The third-order valence-corrected chi connectivity index (χ3v) is 6.85. The molecule has 1 aromatic carbocycles. The zero-order valence-electron chi connectivity index (χ0n) is 18.6. The van der Waals surface area contributed by atoms with Crippen molar-refractivity contribution in [1.29, 1.82) is 0 Å². The summed E-state index contributed by atoms with van der Waals surface area (Å²) in [6, 6.07) is 8.59. The van der Waals surface area contributed by atoms with Crippen LogP contribution in [0.5, 0.6) is 0 Å². The van der Waals surface area contributed by atoms with Crippen LogP contribution in [0.3, 0.4) is 0 Å². The zero-order chi connectivity index (χ0) is 22.5. The van der Waals surface area contributed by atoms with Gasteiger partial charge in [0, 0.05) is 43.9 Å². The summed E-state index contributed by atoms with van der Waals surface area (Å²) in [6.45, 7) is 4.96. The number of carbonyl (C=O) groups is 1. The lowest BCUT2D eigenvalue weighted by molar-refractivity contribution is -0.134. The van der Waals surface area contributed by atoms with Crippen LogP contribution in [0.1, 0.15) is 18.7 Å². The fourth-order valence-corrected chi connectivity index (χ4v) is 5.31. The van der Waals surface area contributed by atoms with Crippen molar-refractivity contribution in [3.8, 4) is 11.3 Å². The van der Waals surface area contributed by atoms with Crippen LogP contribution in [0.25, 0.3) is 22.3 Å². The number of amides is 1. The van der Waals surface area contributed by atoms with Crippen molar-refractivity contribution in [3.05, 3.63) is 42.0 Å². The van der Waals surface area contributed by atoms with Crippen LogP contribution in [0.4, 0.5) is 10.2 Å². The van der Waals surface area contributed by atoms with E-state index in [1.807, 2.05) is 30.0 Å². The highest BCUT2D eigenvalue weighted by atomic mass is 19.1. The van der Waals surface area contributed by atoms with Gasteiger partial charge in [-0.15, -0.1) is 0 Å². The first-order valence-corrected chi connectivity index (χ1v) is 11.6. The van der Waals surface area contributed by atoms with Crippen molar-refractivity contribution >= 4 is 22.8 Å². The maximum Gasteiger partial charge on any atom is 0.239 e. The Morgan fingerprint density at radius 2 is 2.12 bits per heavy atom. The SMILES string of the molecule is Cc1nc2cc(F)cc3c2n1C[C@H]1CN(CCCO1)C(=O)[C@@H]1CC(CN1)Nc1cccc-3n1. The number of fused-ring (bicyclic) bond motifs is 7. The summed E-state index contributed by atoms with van der Waals surface area (Å²) in [7, 11) is 0. The van der Waals surface area contributed by atoms with Gasteiger partial charge < -0.3 is 24.8 Å². The van der Waals surface area contributed by atoms with E-state index in [-0.39, 0.29) is 29.9 Å². The summed E-state index contributed by atoms with van der Waals surface area (Å²) in [5, 5.41) is 6.84. The van der Waals surface area contributed by atoms with Gasteiger partial charge in [0.15, 0.2) is 0 Å². The normalized spacial score (nSPS) is 25.3. The lowest BCUT2D eigenvalue weighted by Gasteiger charge is -2.27. The summed E-state index contributed by atoms with van der Waals surface area (Å²) in [6.07, 6.45) is 1.33. The Balaban J connectivity index is 1.52. The number of rotatable bonds is 0. The molecule has 1 unspecified atom stereocenters. The molecule has 33 heavy (non-hydrogen) atoms. The van der Waals surface area contributed by atoms with Crippen LogP contribution in [0.2, 0.25) is 0 Å². The highest BCUT2D eigenvalue weighted by Crippen LogP contribution is 2.31. The average Bonchev–Trinajstić information content (AvgIpc) is 3.29. The maximum atomic E-state index is 14.6. The van der Waals surface area contributed by atoms with Gasteiger partial charge in [-0.2, -0.15) is 0 Å². The minimum absolute atomic E-state index is 0.0890. The number of aryl methyl sites for hydroxylation is 1. The topological polar surface area (TPSA) is 84.3 Å². The third kappa shape index (κ3) is 3.75. The fraction of sp³-hybridized carbons (Fsp3) is 0.458. The number of hydrogen-bond acceptors (Lipinski definition) is 6. The Hall–Kier alpha value is -3.04. The van der Waals surface area contributed by atoms with E-state index < -0.39 is 0 Å². The molecule has 2 N–H and O–H groups in total. The van der Waals surface area contributed by atoms with Gasteiger partial charge in [0.05, 0.1) is 35.4 Å². The standard InChI is InChI=1S/C24H27FN6O2/c1-14-27-20-9-15(25)8-18-19-4-2-5-22(29-19)28-16-10-21(26-11-16)24(32)30-6-3-7-33-17(12-30)13-31(14)23(18)20/h2,4-5,8-9,16-17,21,26H,3,6-7,10-13H2,1H3,(H,28,29)/t16?,17-,21+/m1/s1. The van der Waals surface area contributed by atoms with Crippen molar-refractivity contribution < 1.29 is 13.9 Å². The molecule has 3 aliphatic rings. The molecule has 172 valence electrons. The van der Waals surface area contributed by atoms with Gasteiger partial charge in [0.2, 0.25) is 5.91 Å². The predicted molar refractivity (Wildman–Crippen MR) is 122 cm³/mol. The number of nitrogens with one attached hydrogen (secondary N) is 2. The van der Waals surface area contributed by atoms with Crippen LogP contribution in [-0.4, -0.2) is 69.8 Å². The second kappa shape index (κ2) is 8.07. The molecule has 0 spiro atoms. The summed E-state index contributed by atoms with van der Waals surface area (Å²) in [5.74, 6) is 1.27. The molecule has 3 aromatic rings. The second-order valence-electron chi connectivity index (χ2n) is 9.17. The Morgan fingerprint density at radius 3 is 3.03 bits per heavy atom. The Morgan fingerprint density at radius 1 is 1.21 bits per heavy atom. The van der Waals surface area contributed by atoms with Gasteiger partial charge >= 0.3 is 0 Å². The van der Waals surface area contributed by atoms with Crippen LogP contribution in [-0.2, 0) is 16.1 Å². The lowest BCUT2D eigenvalue weighted by Crippen LogP contribution is -2.46. The number of pyridine rings is 1. The molecular formula is C24H27FN6O2. The van der Waals surface area contributed by atoms with Crippen LogP contribution in [0, 0.1) is 12.7 Å². The first kappa shape index (κ1) is 20.6. The number of anilines is 1. The second-order valence-corrected chi connectivity index (χ2v) is 9.17. The molecular weight excluding hydrogens is 423 g/mol. The Kier molecular flexibility index (Phi) is 5.03. The largest absolute Gasteiger partial charge is 0.374 e. The van der Waals surface area contributed by atoms with Gasteiger partial charge in [-0.3, -0.25) is 4.79 Å². The molecule has 2 fully saturated rings. The van der Waals surface area contributed by atoms with Gasteiger partial charge in [0.1, 0.15) is 17.5 Å². The highest BCUT2D eigenvalue weighted by Gasteiger charge is 2.34. The quantitative estimate of drug-likeness (QED) is 0.547. The minimum Gasteiger partial charge on any atom is -0.374 e. The molecule has 1 amide bonds. The van der Waals surface area contributed by atoms with Crippen molar-refractivity contribution in [2.24, 2.45) is 0 Å². The molecule has 8 nitrogen and oxygen atoms in total. The minimum atomic E-state index is -0.342. The van der Waals surface area contributed by atoms with Gasteiger partial charge in [-0.25, -0.2) is 14.4 Å². The summed E-state index contributed by atoms with van der Waals surface area (Å²) >= 11 is 0. The number of carbonyl (C=O) groups excluding carboxylic acids is 1. The smallest absolute Gasteiger partial charge is 0.239 e. The maximum absolute atomic E-state index is 14.6. The number of hydrogen-bond donors (Lipinski definition) is 2. The summed E-state index contributed by atoms with van der Waals surface area (Å²) in [4.78, 5) is 24.7. The first-order valence-electron chi connectivity index (χ1n) is 11.6. The highest BCUT2D eigenvalue weighted by molar-refractivity contribution is 5.92. The van der Waals surface area contributed by atoms with Gasteiger partial charge in [-0.05, 0) is 38.0 Å². The van der Waals surface area contributed by atoms with Crippen molar-refractivity contribution in [2.45, 2.75) is 44.5 Å². The number of ether oxygens (including phenoxy) is 1. The van der Waals surface area contributed by atoms with Crippen molar-refractivity contribution in [3.63, 3.8) is 0 Å². The molecule has 6 rings (SSSR count). The molecule has 9 heteroatoms. The first-order chi connectivity index (χ1) is 16.0. The van der Waals surface area contributed by atoms with E-state index in [0.29, 0.717) is 61.8 Å². The van der Waals surface area contributed by atoms with Crippen molar-refractivity contribution in [2.75, 3.05) is 31.6 Å². The molecule has 0 radical (unpaired) electrons. The summed E-state index contributed by atoms with van der Waals surface area (Å²) in [5.41, 5.74) is 2.81. The van der Waals surface area contributed by atoms with E-state index in [4.69, 9.17) is 9.72 Å². The molecule has 2 aromatic heterocycles. The van der Waals surface area contributed by atoms with E-state index >= 15 is 0 Å². The van der Waals surface area contributed by atoms with Crippen LogP contribution >= 0.6 is 0 Å². The fourth-order valence-electron chi connectivity index (χ4n) is 5.31. The zero-order valence-corrected chi connectivity index (χ0v) is 18.6. The van der Waals surface area contributed by atoms with E-state index in [2.05, 4.69) is 20.2 Å². The molecule has 0 saturated carbocycles. The van der Waals surface area contributed by atoms with Crippen molar-refractivity contribution in [1.82, 2.24) is 24.8 Å². The average molecular weight is 451 g/mol. The van der Waals surface area contributed by atoms with Crippen LogP contribution in [0.15, 0.2) is 30.3 Å². The summed E-state index contributed by atoms with van der Waals surface area (Å²) < 4.78 is 22.8. The predicted octanol–water partition coefficient (Wildman–Crippen LogP) is 2.32. The molecule has 2 saturated heterocycles. The van der Waals surface area contributed by atoms with Crippen LogP contribution < -0.4 is 10.6 Å². The molecule has 0 aliphatic carbocycles. The van der Waals surface area contributed by atoms with E-state index in [1.54, 1.807) is 0 Å². The third-order valence-electron chi connectivity index (χ3n) is 6.85. The molecule has 5 heterocycles. The monoisotopic (exact) mass is 450 g/mol. The molecule has 3 aliphatic heterocycles. The number of benzene rings is 1. The Bertz CT molecular complexity index is 1230. The number of nitrogens with zero attached hydrogens (tertiary/aromatic N) is 4. The van der Waals surface area contributed by atoms with Gasteiger partial charge in [-0.1, -0.05) is 6.07 Å². The number of halogens is 1. The molecule has 6 bridgehead atoms. The molecule has 3 atom stereocenters. The Labute approximate surface area is 191 Å².